The van der Waals surface area contributed by atoms with Crippen LogP contribution in [0.15, 0.2) is 12.1 Å². The van der Waals surface area contributed by atoms with Crippen LogP contribution in [0, 0.1) is 0 Å². The van der Waals surface area contributed by atoms with E-state index in [0.29, 0.717) is 15.1 Å². The third-order valence-corrected chi connectivity index (χ3v) is 4.22. The second kappa shape index (κ2) is 6.84. The maximum atomic E-state index is 6.19. The Hall–Kier alpha value is 0.0500. The summed E-state index contributed by atoms with van der Waals surface area (Å²) in [5.74, 6) is 0.270. The summed E-state index contributed by atoms with van der Waals surface area (Å²) >= 11 is 18.4. The number of rotatable bonds is 5. The van der Waals surface area contributed by atoms with Gasteiger partial charge in [-0.3, -0.25) is 0 Å². The molecule has 0 fully saturated rings. The van der Waals surface area contributed by atoms with Gasteiger partial charge in [0.25, 0.3) is 0 Å². The van der Waals surface area contributed by atoms with Crippen molar-refractivity contribution in [2.75, 3.05) is 0 Å². The molecule has 2 N–H and O–H groups in total. The van der Waals surface area contributed by atoms with Crippen molar-refractivity contribution in [1.82, 2.24) is 0 Å². The van der Waals surface area contributed by atoms with Gasteiger partial charge in [-0.1, -0.05) is 48.7 Å². The predicted octanol–water partition coefficient (Wildman–Crippen LogP) is 5.27. The lowest BCUT2D eigenvalue weighted by Crippen LogP contribution is -2.19. The summed E-state index contributed by atoms with van der Waals surface area (Å²) in [6.07, 6.45) is 2.93. The molecule has 2 atom stereocenters. The van der Waals surface area contributed by atoms with E-state index in [1.165, 1.54) is 0 Å². The van der Waals surface area contributed by atoms with Gasteiger partial charge in [0.2, 0.25) is 0 Å². The Morgan fingerprint density at radius 1 is 1.12 bits per heavy atom. The zero-order chi connectivity index (χ0) is 13.0. The summed E-state index contributed by atoms with van der Waals surface area (Å²) < 4.78 is 0. The number of halogens is 3. The SMILES string of the molecule is CCC(N)CCC(C)c1c(Cl)ccc(Cl)c1Cl. The van der Waals surface area contributed by atoms with Gasteiger partial charge in [0, 0.05) is 11.1 Å². The molecule has 0 saturated heterocycles. The topological polar surface area (TPSA) is 26.0 Å². The predicted molar refractivity (Wildman–Crippen MR) is 77.4 cm³/mol. The first-order chi connectivity index (χ1) is 7.97. The lowest BCUT2D eigenvalue weighted by atomic mass is 9.93. The third kappa shape index (κ3) is 4.03. The van der Waals surface area contributed by atoms with Crippen LogP contribution < -0.4 is 5.73 Å². The van der Waals surface area contributed by atoms with Crippen molar-refractivity contribution in [3.05, 3.63) is 32.8 Å². The van der Waals surface area contributed by atoms with E-state index in [4.69, 9.17) is 40.5 Å². The van der Waals surface area contributed by atoms with Crippen molar-refractivity contribution in [1.29, 1.82) is 0 Å². The average Bonchev–Trinajstić information content (AvgIpc) is 2.31. The highest BCUT2D eigenvalue weighted by molar-refractivity contribution is 6.44. The van der Waals surface area contributed by atoms with E-state index < -0.39 is 0 Å². The molecule has 17 heavy (non-hydrogen) atoms. The molecule has 0 spiro atoms. The Balaban J connectivity index is 2.81. The van der Waals surface area contributed by atoms with E-state index in [0.717, 1.165) is 24.8 Å². The van der Waals surface area contributed by atoms with Crippen LogP contribution in [-0.4, -0.2) is 6.04 Å². The molecule has 0 aliphatic rings. The molecule has 0 bridgehead atoms. The van der Waals surface area contributed by atoms with Crippen LogP contribution in [0.5, 0.6) is 0 Å². The molecule has 0 aliphatic heterocycles. The van der Waals surface area contributed by atoms with E-state index in [-0.39, 0.29) is 12.0 Å². The average molecular weight is 295 g/mol. The fourth-order valence-electron chi connectivity index (χ4n) is 1.81. The van der Waals surface area contributed by atoms with E-state index in [9.17, 15) is 0 Å². The minimum atomic E-state index is 0.245. The lowest BCUT2D eigenvalue weighted by molar-refractivity contribution is 0.531. The van der Waals surface area contributed by atoms with Gasteiger partial charge in [-0.15, -0.1) is 0 Å². The monoisotopic (exact) mass is 293 g/mol. The number of hydrogen-bond acceptors (Lipinski definition) is 1. The molecular formula is C13H18Cl3N. The second-order valence-electron chi connectivity index (χ2n) is 4.40. The number of hydrogen-bond donors (Lipinski definition) is 1. The van der Waals surface area contributed by atoms with Crippen molar-refractivity contribution in [2.24, 2.45) is 5.73 Å². The molecule has 0 amide bonds. The summed E-state index contributed by atoms with van der Waals surface area (Å²) in [4.78, 5) is 0. The van der Waals surface area contributed by atoms with Crippen molar-refractivity contribution in [3.8, 4) is 0 Å². The van der Waals surface area contributed by atoms with Crippen LogP contribution in [0.2, 0.25) is 15.1 Å². The summed E-state index contributed by atoms with van der Waals surface area (Å²) in [6.45, 7) is 4.19. The second-order valence-corrected chi connectivity index (χ2v) is 5.60. The molecule has 1 aromatic carbocycles. The largest absolute Gasteiger partial charge is 0.328 e. The smallest absolute Gasteiger partial charge is 0.0641 e. The quantitative estimate of drug-likeness (QED) is 0.736. The molecule has 0 radical (unpaired) electrons. The Morgan fingerprint density at radius 3 is 2.29 bits per heavy atom. The van der Waals surface area contributed by atoms with Gasteiger partial charge in [0.1, 0.15) is 0 Å². The minimum Gasteiger partial charge on any atom is -0.328 e. The zero-order valence-corrected chi connectivity index (χ0v) is 12.4. The molecule has 96 valence electrons. The zero-order valence-electron chi connectivity index (χ0n) is 10.1. The molecule has 2 unspecified atom stereocenters. The Morgan fingerprint density at radius 2 is 1.71 bits per heavy atom. The third-order valence-electron chi connectivity index (χ3n) is 3.07. The fraction of sp³-hybridized carbons (Fsp3) is 0.538. The van der Waals surface area contributed by atoms with Crippen LogP contribution in [0.3, 0.4) is 0 Å². The van der Waals surface area contributed by atoms with Crippen molar-refractivity contribution < 1.29 is 0 Å². The molecule has 0 saturated carbocycles. The van der Waals surface area contributed by atoms with Crippen LogP contribution in [0.4, 0.5) is 0 Å². The van der Waals surface area contributed by atoms with Crippen molar-refractivity contribution in [2.45, 2.75) is 45.1 Å². The normalized spacial score (nSPS) is 14.7. The Bertz CT molecular complexity index is 379. The first-order valence-electron chi connectivity index (χ1n) is 5.86. The lowest BCUT2D eigenvalue weighted by Gasteiger charge is -2.18. The minimum absolute atomic E-state index is 0.245. The van der Waals surface area contributed by atoms with E-state index in [1.807, 2.05) is 0 Å². The van der Waals surface area contributed by atoms with Gasteiger partial charge in [-0.2, -0.15) is 0 Å². The van der Waals surface area contributed by atoms with Gasteiger partial charge in [0.15, 0.2) is 0 Å². The molecule has 0 aromatic heterocycles. The highest BCUT2D eigenvalue weighted by Gasteiger charge is 2.16. The van der Waals surface area contributed by atoms with Gasteiger partial charge in [0.05, 0.1) is 10.0 Å². The van der Waals surface area contributed by atoms with E-state index >= 15 is 0 Å². The van der Waals surface area contributed by atoms with E-state index in [1.54, 1.807) is 12.1 Å². The van der Waals surface area contributed by atoms with Gasteiger partial charge < -0.3 is 5.73 Å². The van der Waals surface area contributed by atoms with E-state index in [2.05, 4.69) is 13.8 Å². The van der Waals surface area contributed by atoms with Crippen LogP contribution >= 0.6 is 34.8 Å². The molecular weight excluding hydrogens is 277 g/mol. The van der Waals surface area contributed by atoms with Gasteiger partial charge in [-0.05, 0) is 42.9 Å². The summed E-state index contributed by atoms with van der Waals surface area (Å²) in [5, 5.41) is 1.80. The molecule has 1 nitrogen and oxygen atoms in total. The first-order valence-corrected chi connectivity index (χ1v) is 6.99. The highest BCUT2D eigenvalue weighted by atomic mass is 35.5. The van der Waals surface area contributed by atoms with Crippen LogP contribution in [0.1, 0.15) is 44.6 Å². The van der Waals surface area contributed by atoms with Crippen LogP contribution in [-0.2, 0) is 0 Å². The van der Waals surface area contributed by atoms with Gasteiger partial charge >= 0.3 is 0 Å². The first kappa shape index (κ1) is 15.1. The summed E-state index contributed by atoms with van der Waals surface area (Å²) in [5.41, 5.74) is 6.85. The van der Waals surface area contributed by atoms with Gasteiger partial charge in [-0.25, -0.2) is 0 Å². The summed E-state index contributed by atoms with van der Waals surface area (Å²) in [7, 11) is 0. The highest BCUT2D eigenvalue weighted by Crippen LogP contribution is 2.38. The molecule has 1 rings (SSSR count). The molecule has 1 aromatic rings. The van der Waals surface area contributed by atoms with Crippen molar-refractivity contribution >= 4 is 34.8 Å². The number of nitrogens with two attached hydrogens (primary N) is 1. The molecule has 0 heterocycles. The Kier molecular flexibility index (Phi) is 6.08. The maximum Gasteiger partial charge on any atom is 0.0641 e. The number of benzene rings is 1. The van der Waals surface area contributed by atoms with Crippen molar-refractivity contribution in [3.63, 3.8) is 0 Å². The maximum absolute atomic E-state index is 6.19. The Labute approximate surface area is 118 Å². The molecule has 0 aliphatic carbocycles. The summed E-state index contributed by atoms with van der Waals surface area (Å²) in [6, 6.07) is 3.76. The van der Waals surface area contributed by atoms with Crippen LogP contribution in [0.25, 0.3) is 0 Å². The standard InChI is InChI=1S/C13H18Cl3N/c1-3-9(17)5-4-8(2)12-10(14)6-7-11(15)13(12)16/h6-9H,3-5,17H2,1-2H3. The fourth-order valence-corrected chi connectivity index (χ4v) is 2.71. The molecule has 4 heteroatoms.